The molecule has 0 saturated carbocycles. The summed E-state index contributed by atoms with van der Waals surface area (Å²) in [4.78, 5) is 3.33. The summed E-state index contributed by atoms with van der Waals surface area (Å²) < 4.78 is 5.58. The largest absolute Gasteiger partial charge is 0.475 e. The fourth-order valence-electron chi connectivity index (χ4n) is 1.57. The second kappa shape index (κ2) is 5.55. The molecule has 0 bridgehead atoms. The van der Waals surface area contributed by atoms with E-state index in [1.54, 1.807) is 0 Å². The molecule has 0 aliphatic heterocycles. The van der Waals surface area contributed by atoms with Gasteiger partial charge >= 0.3 is 0 Å². The maximum absolute atomic E-state index is 5.76. The van der Waals surface area contributed by atoms with Gasteiger partial charge in [0.25, 0.3) is 0 Å². The van der Waals surface area contributed by atoms with Crippen LogP contribution in [0.25, 0.3) is 11.3 Å². The molecule has 96 valence electrons. The molecule has 0 unspecified atom stereocenters. The molecule has 5 heteroatoms. The number of benzene rings is 1. The molecule has 0 spiro atoms. The molecule has 2 N–H and O–H groups in total. The van der Waals surface area contributed by atoms with Gasteiger partial charge in [0.2, 0.25) is 5.88 Å². The van der Waals surface area contributed by atoms with E-state index in [-0.39, 0.29) is 0 Å². The Morgan fingerprint density at radius 2 is 2.00 bits per heavy atom. The van der Waals surface area contributed by atoms with Crippen LogP contribution in [0.4, 0.5) is 0 Å². The third kappa shape index (κ3) is 3.01. The summed E-state index contributed by atoms with van der Waals surface area (Å²) in [6, 6.07) is 11.7. The monoisotopic (exact) mass is 246 g/mol. The molecule has 2 rings (SSSR count). The minimum absolute atomic E-state index is 0.579. The van der Waals surface area contributed by atoms with Gasteiger partial charge in [0.15, 0.2) is 0 Å². The van der Waals surface area contributed by atoms with Crippen molar-refractivity contribution >= 4 is 0 Å². The summed E-state index contributed by atoms with van der Waals surface area (Å²) in [6.45, 7) is 1.43. The highest BCUT2D eigenvalue weighted by molar-refractivity contribution is 5.59. The Balaban J connectivity index is 2.08. The van der Waals surface area contributed by atoms with Crippen molar-refractivity contribution in [1.82, 2.24) is 14.8 Å². The third-order valence-electron chi connectivity index (χ3n) is 2.56. The molecule has 5 nitrogen and oxygen atoms in total. The van der Waals surface area contributed by atoms with Crippen LogP contribution >= 0.6 is 0 Å². The molecular weight excluding hydrogens is 228 g/mol. The van der Waals surface area contributed by atoms with Crippen molar-refractivity contribution in [1.29, 1.82) is 0 Å². The van der Waals surface area contributed by atoms with E-state index < -0.39 is 0 Å². The Morgan fingerprint density at radius 1 is 1.28 bits per heavy atom. The van der Waals surface area contributed by atoms with Crippen molar-refractivity contribution in [3.63, 3.8) is 0 Å². The summed E-state index contributed by atoms with van der Waals surface area (Å²) >= 11 is 0. The van der Waals surface area contributed by atoms with Crippen LogP contribution in [-0.2, 0) is 0 Å². The van der Waals surface area contributed by atoms with Gasteiger partial charge in [-0.05, 0) is 14.1 Å². The molecule has 2 aromatic rings. The smallest absolute Gasteiger partial charge is 0.232 e. The van der Waals surface area contributed by atoms with Gasteiger partial charge in [-0.25, -0.2) is 0 Å². The van der Waals surface area contributed by atoms with E-state index in [1.807, 2.05) is 50.5 Å². The Hall–Kier alpha value is -2.01. The third-order valence-corrected chi connectivity index (χ3v) is 2.56. The van der Waals surface area contributed by atoms with Gasteiger partial charge in [0.1, 0.15) is 6.61 Å². The van der Waals surface area contributed by atoms with Crippen LogP contribution in [0.1, 0.15) is 0 Å². The number of aromatic nitrogens is 2. The first-order valence-corrected chi connectivity index (χ1v) is 5.85. The molecule has 0 aliphatic carbocycles. The van der Waals surface area contributed by atoms with Gasteiger partial charge in [-0.3, -0.25) is 0 Å². The van der Waals surface area contributed by atoms with E-state index in [4.69, 9.17) is 10.6 Å². The number of likely N-dealkylation sites (N-methyl/N-ethyl adjacent to an activating group) is 1. The summed E-state index contributed by atoms with van der Waals surface area (Å²) in [5.41, 5.74) is 1.84. The number of nitrogens with zero attached hydrogens (tertiary/aromatic N) is 3. The van der Waals surface area contributed by atoms with E-state index >= 15 is 0 Å². The van der Waals surface area contributed by atoms with Crippen molar-refractivity contribution in [2.75, 3.05) is 33.1 Å². The average molecular weight is 246 g/mol. The second-order valence-electron chi connectivity index (χ2n) is 4.33. The highest BCUT2D eigenvalue weighted by Crippen LogP contribution is 2.21. The summed E-state index contributed by atoms with van der Waals surface area (Å²) in [5.74, 6) is 6.34. The zero-order valence-electron chi connectivity index (χ0n) is 10.7. The van der Waals surface area contributed by atoms with Gasteiger partial charge in [0.05, 0.1) is 5.69 Å². The molecule has 18 heavy (non-hydrogen) atoms. The minimum atomic E-state index is 0.579. The minimum Gasteiger partial charge on any atom is -0.475 e. The number of rotatable bonds is 5. The topological polar surface area (TPSA) is 56.3 Å². The standard InChI is InChI=1S/C13H18N4O/c1-16(2)8-9-18-13-10-12(15-17(13)14)11-6-4-3-5-7-11/h3-7,10H,8-9,14H2,1-2H3. The van der Waals surface area contributed by atoms with Crippen LogP contribution in [0, 0.1) is 0 Å². The van der Waals surface area contributed by atoms with Crippen LogP contribution in [0.15, 0.2) is 36.4 Å². The van der Waals surface area contributed by atoms with Gasteiger partial charge < -0.3 is 15.5 Å². The Labute approximate surface area is 107 Å². The maximum Gasteiger partial charge on any atom is 0.232 e. The van der Waals surface area contributed by atoms with Crippen molar-refractivity contribution < 1.29 is 4.74 Å². The fourth-order valence-corrected chi connectivity index (χ4v) is 1.57. The quantitative estimate of drug-likeness (QED) is 0.806. The predicted molar refractivity (Wildman–Crippen MR) is 71.9 cm³/mol. The second-order valence-corrected chi connectivity index (χ2v) is 4.33. The maximum atomic E-state index is 5.76. The number of nitrogen functional groups attached to an aromatic ring is 1. The van der Waals surface area contributed by atoms with Gasteiger partial charge in [-0.1, -0.05) is 30.3 Å². The summed E-state index contributed by atoms with van der Waals surface area (Å²) in [6.07, 6.45) is 0. The normalized spacial score (nSPS) is 10.8. The van der Waals surface area contributed by atoms with E-state index in [2.05, 4.69) is 10.00 Å². The SMILES string of the molecule is CN(C)CCOc1cc(-c2ccccc2)nn1N. The van der Waals surface area contributed by atoms with E-state index in [0.29, 0.717) is 12.5 Å². The average Bonchev–Trinajstić information content (AvgIpc) is 2.72. The van der Waals surface area contributed by atoms with Crippen LogP contribution in [0.5, 0.6) is 5.88 Å². The fraction of sp³-hybridized carbons (Fsp3) is 0.308. The molecule has 0 atom stereocenters. The van der Waals surface area contributed by atoms with Crippen molar-refractivity contribution in [3.05, 3.63) is 36.4 Å². The van der Waals surface area contributed by atoms with Gasteiger partial charge in [-0.15, -0.1) is 9.89 Å². The van der Waals surface area contributed by atoms with Crippen LogP contribution < -0.4 is 10.6 Å². The molecule has 0 saturated heterocycles. The van der Waals surface area contributed by atoms with E-state index in [0.717, 1.165) is 17.8 Å². The van der Waals surface area contributed by atoms with Crippen molar-refractivity contribution in [3.8, 4) is 17.1 Å². The summed E-state index contributed by atoms with van der Waals surface area (Å²) in [7, 11) is 4.00. The molecule has 0 amide bonds. The lowest BCUT2D eigenvalue weighted by Gasteiger charge is -2.10. The Morgan fingerprint density at radius 3 is 2.67 bits per heavy atom. The highest BCUT2D eigenvalue weighted by atomic mass is 16.5. The molecule has 1 aromatic heterocycles. The van der Waals surface area contributed by atoms with Crippen molar-refractivity contribution in [2.45, 2.75) is 0 Å². The number of nitrogens with two attached hydrogens (primary N) is 1. The predicted octanol–water partition coefficient (Wildman–Crippen LogP) is 1.20. The van der Waals surface area contributed by atoms with Gasteiger partial charge in [0, 0.05) is 18.2 Å². The first-order valence-electron chi connectivity index (χ1n) is 5.85. The van der Waals surface area contributed by atoms with E-state index in [1.165, 1.54) is 4.79 Å². The summed E-state index contributed by atoms with van der Waals surface area (Å²) in [5, 5.41) is 4.23. The lowest BCUT2D eigenvalue weighted by molar-refractivity contribution is 0.246. The zero-order chi connectivity index (χ0) is 13.0. The van der Waals surface area contributed by atoms with E-state index in [9.17, 15) is 0 Å². The first kappa shape index (κ1) is 12.4. The van der Waals surface area contributed by atoms with Crippen LogP contribution in [0.2, 0.25) is 0 Å². The first-order chi connectivity index (χ1) is 8.66. The Kier molecular flexibility index (Phi) is 3.84. The number of hydrogen-bond acceptors (Lipinski definition) is 4. The lowest BCUT2D eigenvalue weighted by Crippen LogP contribution is -2.21. The van der Waals surface area contributed by atoms with Crippen LogP contribution in [0.3, 0.4) is 0 Å². The molecular formula is C13H18N4O. The molecule has 1 heterocycles. The van der Waals surface area contributed by atoms with Crippen LogP contribution in [-0.4, -0.2) is 42.0 Å². The Bertz CT molecular complexity index is 493. The molecule has 0 aliphatic rings. The zero-order valence-corrected chi connectivity index (χ0v) is 10.7. The molecule has 1 aromatic carbocycles. The number of ether oxygens (including phenoxy) is 1. The lowest BCUT2D eigenvalue weighted by atomic mass is 10.2. The highest BCUT2D eigenvalue weighted by Gasteiger charge is 2.08. The van der Waals surface area contributed by atoms with Crippen molar-refractivity contribution in [2.24, 2.45) is 0 Å². The van der Waals surface area contributed by atoms with Gasteiger partial charge in [-0.2, -0.15) is 0 Å². The molecule has 0 radical (unpaired) electrons. The molecule has 0 fully saturated rings. The number of hydrogen-bond donors (Lipinski definition) is 1.